The van der Waals surface area contributed by atoms with Gasteiger partial charge in [0.15, 0.2) is 0 Å². The van der Waals surface area contributed by atoms with Crippen molar-refractivity contribution in [3.63, 3.8) is 0 Å². The first-order valence-corrected chi connectivity index (χ1v) is 8.64. The summed E-state index contributed by atoms with van der Waals surface area (Å²) in [6.45, 7) is 0. The molecule has 0 saturated carbocycles. The molecule has 0 atom stereocenters. The number of hydrogen-bond donors (Lipinski definition) is 2. The molecule has 10 nitrogen and oxygen atoms in total. The Morgan fingerprint density at radius 1 is 1.14 bits per heavy atom. The summed E-state index contributed by atoms with van der Waals surface area (Å²) in [6.07, 6.45) is 3.11. The van der Waals surface area contributed by atoms with Crippen molar-refractivity contribution in [3.8, 4) is 16.9 Å². The predicted octanol–water partition coefficient (Wildman–Crippen LogP) is 2.75. The molecule has 4 rings (SSSR count). The molecule has 144 valence electrons. The Kier molecular flexibility index (Phi) is 4.81. The van der Waals surface area contributed by atoms with E-state index in [1.165, 1.54) is 18.5 Å². The maximum Gasteiger partial charge on any atom is 0.269 e. The van der Waals surface area contributed by atoms with Gasteiger partial charge in [-0.05, 0) is 24.3 Å². The van der Waals surface area contributed by atoms with Crippen LogP contribution < -0.4 is 5.32 Å². The Bertz CT molecular complexity index is 1140. The van der Waals surface area contributed by atoms with Crippen LogP contribution in [0.2, 0.25) is 0 Å². The molecule has 0 unspecified atom stereocenters. The third-order valence-electron chi connectivity index (χ3n) is 4.19. The van der Waals surface area contributed by atoms with E-state index in [0.29, 0.717) is 16.8 Å². The van der Waals surface area contributed by atoms with Crippen molar-refractivity contribution >= 4 is 17.5 Å². The van der Waals surface area contributed by atoms with Crippen molar-refractivity contribution in [2.24, 2.45) is 0 Å². The maximum atomic E-state index is 12.4. The Balaban J connectivity index is 1.68. The van der Waals surface area contributed by atoms with Crippen LogP contribution >= 0.6 is 0 Å². The molecule has 0 fully saturated rings. The number of anilines is 1. The summed E-state index contributed by atoms with van der Waals surface area (Å²) >= 11 is 0. The average Bonchev–Trinajstić information content (AvgIpc) is 3.39. The van der Waals surface area contributed by atoms with Crippen molar-refractivity contribution in [1.82, 2.24) is 25.0 Å². The molecule has 0 spiro atoms. The van der Waals surface area contributed by atoms with Gasteiger partial charge in [-0.2, -0.15) is 15.2 Å². The van der Waals surface area contributed by atoms with Crippen LogP contribution in [0.4, 0.5) is 11.6 Å². The second-order valence-electron chi connectivity index (χ2n) is 6.15. The molecule has 0 aliphatic rings. The highest BCUT2D eigenvalue weighted by Gasteiger charge is 2.17. The first-order valence-electron chi connectivity index (χ1n) is 8.64. The number of hydrogen-bond acceptors (Lipinski definition) is 6. The van der Waals surface area contributed by atoms with Gasteiger partial charge in [0.05, 0.1) is 22.7 Å². The SMILES string of the molecule is O=C(Cc1cn(-c2ccccc2)nc1-c1ccc([N+](=O)[O-])cc1)Nc1ncn[nH]1. The highest BCUT2D eigenvalue weighted by molar-refractivity contribution is 5.91. The molecule has 2 N–H and O–H groups in total. The zero-order valence-corrected chi connectivity index (χ0v) is 15.0. The van der Waals surface area contributed by atoms with E-state index in [4.69, 9.17) is 0 Å². The number of carbonyl (C=O) groups is 1. The fourth-order valence-electron chi connectivity index (χ4n) is 2.85. The third kappa shape index (κ3) is 4.00. The van der Waals surface area contributed by atoms with Gasteiger partial charge in [0.1, 0.15) is 6.33 Å². The predicted molar refractivity (Wildman–Crippen MR) is 104 cm³/mol. The van der Waals surface area contributed by atoms with Gasteiger partial charge < -0.3 is 0 Å². The van der Waals surface area contributed by atoms with E-state index in [9.17, 15) is 14.9 Å². The van der Waals surface area contributed by atoms with Gasteiger partial charge in [-0.1, -0.05) is 18.2 Å². The van der Waals surface area contributed by atoms with Gasteiger partial charge in [0, 0.05) is 29.5 Å². The number of nitrogens with zero attached hydrogens (tertiary/aromatic N) is 5. The van der Waals surface area contributed by atoms with Crippen LogP contribution in [-0.4, -0.2) is 35.8 Å². The van der Waals surface area contributed by atoms with E-state index >= 15 is 0 Å². The van der Waals surface area contributed by atoms with Crippen molar-refractivity contribution in [2.45, 2.75) is 6.42 Å². The van der Waals surface area contributed by atoms with Crippen LogP contribution in [0.3, 0.4) is 0 Å². The molecule has 10 heteroatoms. The van der Waals surface area contributed by atoms with Crippen LogP contribution in [0, 0.1) is 10.1 Å². The molecule has 1 amide bonds. The third-order valence-corrected chi connectivity index (χ3v) is 4.19. The average molecular weight is 389 g/mol. The lowest BCUT2D eigenvalue weighted by Crippen LogP contribution is -2.15. The van der Waals surface area contributed by atoms with Gasteiger partial charge in [-0.25, -0.2) is 9.78 Å². The fourth-order valence-corrected chi connectivity index (χ4v) is 2.85. The summed E-state index contributed by atoms with van der Waals surface area (Å²) in [7, 11) is 0. The number of nitro benzene ring substituents is 1. The first-order chi connectivity index (χ1) is 14.1. The molecular formula is C19H15N7O3. The smallest absolute Gasteiger partial charge is 0.269 e. The highest BCUT2D eigenvalue weighted by atomic mass is 16.6. The maximum absolute atomic E-state index is 12.4. The quantitative estimate of drug-likeness (QED) is 0.385. The Hall–Kier alpha value is -4.34. The van der Waals surface area contributed by atoms with Crippen molar-refractivity contribution in [1.29, 1.82) is 0 Å². The van der Waals surface area contributed by atoms with E-state index < -0.39 is 4.92 Å². The van der Waals surface area contributed by atoms with Crippen LogP contribution in [0.15, 0.2) is 67.1 Å². The Morgan fingerprint density at radius 2 is 1.90 bits per heavy atom. The lowest BCUT2D eigenvalue weighted by molar-refractivity contribution is -0.384. The number of aromatic nitrogens is 5. The summed E-state index contributed by atoms with van der Waals surface area (Å²) in [4.78, 5) is 26.8. The molecule has 29 heavy (non-hydrogen) atoms. The molecule has 0 radical (unpaired) electrons. The van der Waals surface area contributed by atoms with Crippen molar-refractivity contribution < 1.29 is 9.72 Å². The van der Waals surface area contributed by atoms with Gasteiger partial charge in [0.2, 0.25) is 11.9 Å². The number of nitro groups is 1. The number of rotatable bonds is 6. The zero-order chi connectivity index (χ0) is 20.2. The minimum absolute atomic E-state index is 0.0131. The van der Waals surface area contributed by atoms with Crippen LogP contribution in [0.25, 0.3) is 16.9 Å². The minimum atomic E-state index is -0.460. The normalized spacial score (nSPS) is 10.6. The topological polar surface area (TPSA) is 132 Å². The van der Waals surface area contributed by atoms with E-state index in [1.807, 2.05) is 30.3 Å². The molecule has 2 heterocycles. The number of nitrogens with one attached hydrogen (secondary N) is 2. The molecule has 0 bridgehead atoms. The monoisotopic (exact) mass is 389 g/mol. The number of H-pyrrole nitrogens is 1. The lowest BCUT2D eigenvalue weighted by Gasteiger charge is -2.03. The van der Waals surface area contributed by atoms with Gasteiger partial charge in [-0.3, -0.25) is 20.2 Å². The molecule has 0 aliphatic carbocycles. The summed E-state index contributed by atoms with van der Waals surface area (Å²) in [5.74, 6) is -0.0418. The van der Waals surface area contributed by atoms with E-state index in [2.05, 4.69) is 25.6 Å². The molecule has 4 aromatic rings. The first kappa shape index (κ1) is 18.0. The number of para-hydroxylation sites is 1. The highest BCUT2D eigenvalue weighted by Crippen LogP contribution is 2.26. The van der Waals surface area contributed by atoms with E-state index in [-0.39, 0.29) is 24.0 Å². The summed E-state index contributed by atoms with van der Waals surface area (Å²) in [5, 5.41) is 24.4. The summed E-state index contributed by atoms with van der Waals surface area (Å²) < 4.78 is 1.67. The van der Waals surface area contributed by atoms with Crippen molar-refractivity contribution in [3.05, 3.63) is 82.8 Å². The largest absolute Gasteiger partial charge is 0.295 e. The number of carbonyl (C=O) groups excluding carboxylic acids is 1. The standard InChI is InChI=1S/C19H15N7O3/c27-17(22-19-20-12-21-23-19)10-14-11-25(15-4-2-1-3-5-15)24-18(14)13-6-8-16(9-7-13)26(28)29/h1-9,11-12H,10H2,(H2,20,21,22,23,27). The molecule has 0 aliphatic heterocycles. The van der Waals surface area contributed by atoms with E-state index in [0.717, 1.165) is 5.69 Å². The molecule has 2 aromatic carbocycles. The van der Waals surface area contributed by atoms with Crippen LogP contribution in [0.5, 0.6) is 0 Å². The number of aromatic amines is 1. The van der Waals surface area contributed by atoms with Crippen LogP contribution in [0.1, 0.15) is 5.56 Å². The fraction of sp³-hybridized carbons (Fsp3) is 0.0526. The van der Waals surface area contributed by atoms with Gasteiger partial charge in [-0.15, -0.1) is 0 Å². The van der Waals surface area contributed by atoms with E-state index in [1.54, 1.807) is 23.0 Å². The second-order valence-corrected chi connectivity index (χ2v) is 6.15. The van der Waals surface area contributed by atoms with Crippen LogP contribution in [-0.2, 0) is 11.2 Å². The number of benzene rings is 2. The molecule has 2 aromatic heterocycles. The molecular weight excluding hydrogens is 374 g/mol. The van der Waals surface area contributed by atoms with Crippen molar-refractivity contribution in [2.75, 3.05) is 5.32 Å². The number of amides is 1. The van der Waals surface area contributed by atoms with Gasteiger partial charge in [0.25, 0.3) is 5.69 Å². The Labute approximate surface area is 164 Å². The minimum Gasteiger partial charge on any atom is -0.295 e. The lowest BCUT2D eigenvalue weighted by atomic mass is 10.1. The summed E-state index contributed by atoms with van der Waals surface area (Å²) in [6, 6.07) is 15.5. The molecule has 0 saturated heterocycles. The summed E-state index contributed by atoms with van der Waals surface area (Å²) in [5.41, 5.74) is 2.72. The number of non-ortho nitro benzene ring substituents is 1. The second kappa shape index (κ2) is 7.72. The van der Waals surface area contributed by atoms with Gasteiger partial charge >= 0.3 is 0 Å². The Morgan fingerprint density at radius 3 is 2.55 bits per heavy atom. The zero-order valence-electron chi connectivity index (χ0n) is 15.0.